The second-order valence-electron chi connectivity index (χ2n) is 13.4. The molecule has 0 saturated heterocycles. The molecule has 0 saturated carbocycles. The second kappa shape index (κ2) is 10.7. The highest BCUT2D eigenvalue weighted by molar-refractivity contribution is 6.17. The average Bonchev–Trinajstić information content (AvgIpc) is 3.67. The summed E-state index contributed by atoms with van der Waals surface area (Å²) in [5.41, 5.74) is 14.9. The normalized spacial score (nSPS) is 15.6. The Kier molecular flexibility index (Phi) is 6.10. The molecule has 10 rings (SSSR count). The second-order valence-corrected chi connectivity index (χ2v) is 13.4. The van der Waals surface area contributed by atoms with Crippen molar-refractivity contribution in [3.63, 3.8) is 0 Å². The van der Waals surface area contributed by atoms with Crippen LogP contribution in [0.25, 0.3) is 67.0 Å². The number of fused-ring (bicyclic) bond motifs is 7. The van der Waals surface area contributed by atoms with Crippen LogP contribution in [0.2, 0.25) is 0 Å². The number of rotatable bonds is 5. The van der Waals surface area contributed by atoms with E-state index >= 15 is 0 Å². The molecule has 1 aromatic heterocycles. The summed E-state index contributed by atoms with van der Waals surface area (Å²) in [5, 5.41) is 6.54. The van der Waals surface area contributed by atoms with Crippen molar-refractivity contribution in [2.45, 2.75) is 13.3 Å². The van der Waals surface area contributed by atoms with Gasteiger partial charge in [-0.15, -0.1) is 0 Å². The molecule has 2 nitrogen and oxygen atoms in total. The standard InChI is InChI=1S/C47H34N2/c1-30-24-25-38-39(47(30)48(33-16-7-4-8-17-33)31(2)32-14-5-3-6-15-32)27-29-44-46(38)41-20-11-12-23-42(41)49(44)43-28-26-37-35-19-10-9-18-34(35)36-21-13-22-40(43)45(36)37/h3-26,28-29,39H,2,27H2,1H3. The van der Waals surface area contributed by atoms with Crippen LogP contribution in [-0.4, -0.2) is 4.57 Å². The van der Waals surface area contributed by atoms with Crippen LogP contribution in [0, 0.1) is 5.92 Å². The zero-order chi connectivity index (χ0) is 32.6. The van der Waals surface area contributed by atoms with Crippen molar-refractivity contribution in [2.75, 3.05) is 4.90 Å². The van der Waals surface area contributed by atoms with Gasteiger partial charge in [0.1, 0.15) is 0 Å². The van der Waals surface area contributed by atoms with Crippen molar-refractivity contribution in [3.05, 3.63) is 186 Å². The summed E-state index contributed by atoms with van der Waals surface area (Å²) in [6, 6.07) is 50.6. The monoisotopic (exact) mass is 626 g/mol. The average molecular weight is 627 g/mol. The Labute approximate surface area is 286 Å². The Morgan fingerprint density at radius 1 is 0.653 bits per heavy atom. The highest BCUT2D eigenvalue weighted by Crippen LogP contribution is 2.48. The van der Waals surface area contributed by atoms with Gasteiger partial charge in [-0.25, -0.2) is 0 Å². The maximum Gasteiger partial charge on any atom is 0.0541 e. The Balaban J connectivity index is 1.21. The third kappa shape index (κ3) is 4.01. The van der Waals surface area contributed by atoms with E-state index in [1.807, 2.05) is 0 Å². The molecule has 49 heavy (non-hydrogen) atoms. The molecule has 0 radical (unpaired) electrons. The molecule has 3 aliphatic carbocycles. The summed E-state index contributed by atoms with van der Waals surface area (Å²) in [7, 11) is 0. The fourth-order valence-electron chi connectivity index (χ4n) is 8.68. The molecule has 0 fully saturated rings. The number of nitrogens with zero attached hydrogens (tertiary/aromatic N) is 2. The number of aromatic nitrogens is 1. The minimum absolute atomic E-state index is 0.180. The van der Waals surface area contributed by atoms with Crippen LogP contribution >= 0.6 is 0 Å². The Bertz CT molecular complexity index is 2680. The number of hydrogen-bond acceptors (Lipinski definition) is 1. The molecule has 0 N–H and O–H groups in total. The van der Waals surface area contributed by atoms with Crippen LogP contribution in [0.3, 0.4) is 0 Å². The smallest absolute Gasteiger partial charge is 0.0541 e. The maximum atomic E-state index is 4.69. The summed E-state index contributed by atoms with van der Waals surface area (Å²) < 4.78 is 2.52. The van der Waals surface area contributed by atoms with E-state index in [-0.39, 0.29) is 5.92 Å². The van der Waals surface area contributed by atoms with Gasteiger partial charge in [-0.1, -0.05) is 140 Å². The van der Waals surface area contributed by atoms with Crippen molar-refractivity contribution in [1.82, 2.24) is 4.57 Å². The van der Waals surface area contributed by atoms with E-state index in [0.717, 1.165) is 23.4 Å². The summed E-state index contributed by atoms with van der Waals surface area (Å²) in [6.07, 6.45) is 8.08. The molecule has 0 aliphatic heterocycles. The van der Waals surface area contributed by atoms with E-state index in [9.17, 15) is 0 Å². The van der Waals surface area contributed by atoms with Gasteiger partial charge in [0, 0.05) is 39.0 Å². The van der Waals surface area contributed by atoms with Crippen LogP contribution < -0.4 is 15.5 Å². The molecule has 3 aliphatic rings. The Morgan fingerprint density at radius 2 is 1.31 bits per heavy atom. The third-order valence-corrected chi connectivity index (χ3v) is 10.8. The topological polar surface area (TPSA) is 8.17 Å². The predicted octanol–water partition coefficient (Wildman–Crippen LogP) is 10.4. The number of hydrogen-bond donors (Lipinski definition) is 0. The van der Waals surface area contributed by atoms with Crippen molar-refractivity contribution >= 4 is 44.7 Å². The van der Waals surface area contributed by atoms with Crippen molar-refractivity contribution < 1.29 is 0 Å². The van der Waals surface area contributed by atoms with Crippen LogP contribution in [0.15, 0.2) is 170 Å². The molecule has 1 heterocycles. The molecule has 6 aromatic carbocycles. The minimum atomic E-state index is 0.180. The van der Waals surface area contributed by atoms with Gasteiger partial charge in [0.05, 0.1) is 16.6 Å². The molecular weight excluding hydrogens is 593 g/mol. The number of anilines is 1. The van der Waals surface area contributed by atoms with E-state index < -0.39 is 0 Å². The number of benzene rings is 6. The van der Waals surface area contributed by atoms with Gasteiger partial charge in [0.15, 0.2) is 0 Å². The molecule has 0 bridgehead atoms. The van der Waals surface area contributed by atoms with E-state index in [0.29, 0.717) is 0 Å². The summed E-state index contributed by atoms with van der Waals surface area (Å²) >= 11 is 0. The number of para-hydroxylation sites is 2. The van der Waals surface area contributed by atoms with Gasteiger partial charge in [-0.2, -0.15) is 0 Å². The minimum Gasteiger partial charge on any atom is -0.313 e. The SMILES string of the molecule is C=C(c1ccccc1)N(C1=C(C)C=CC2=c3c(n(-c4ccc5c6c(cccc46)-c4ccccc4-5)c4ccccc34)=CCC12)c1ccccc1. The molecule has 0 spiro atoms. The summed E-state index contributed by atoms with van der Waals surface area (Å²) in [4.78, 5) is 2.40. The zero-order valence-corrected chi connectivity index (χ0v) is 27.4. The van der Waals surface area contributed by atoms with Crippen molar-refractivity contribution in [3.8, 4) is 27.9 Å². The van der Waals surface area contributed by atoms with Gasteiger partial charge in [0.2, 0.25) is 0 Å². The molecule has 7 aromatic rings. The highest BCUT2D eigenvalue weighted by atomic mass is 15.2. The van der Waals surface area contributed by atoms with E-state index in [1.54, 1.807) is 0 Å². The van der Waals surface area contributed by atoms with Crippen LogP contribution in [0.5, 0.6) is 0 Å². The fraction of sp³-hybridized carbons (Fsp3) is 0.0638. The lowest BCUT2D eigenvalue weighted by Crippen LogP contribution is -2.38. The van der Waals surface area contributed by atoms with E-state index in [2.05, 4.69) is 174 Å². The lowest BCUT2D eigenvalue weighted by molar-refractivity contribution is 0.764. The largest absolute Gasteiger partial charge is 0.313 e. The molecule has 0 amide bonds. The molecule has 1 unspecified atom stereocenters. The van der Waals surface area contributed by atoms with Gasteiger partial charge in [0.25, 0.3) is 0 Å². The molecule has 1 atom stereocenters. The van der Waals surface area contributed by atoms with Gasteiger partial charge in [-0.05, 0) is 82.0 Å². The summed E-state index contributed by atoms with van der Waals surface area (Å²) in [6.45, 7) is 6.94. The lowest BCUT2D eigenvalue weighted by atomic mass is 9.80. The fourth-order valence-corrected chi connectivity index (χ4v) is 8.68. The first-order chi connectivity index (χ1) is 24.2. The Morgan fingerprint density at radius 3 is 2.10 bits per heavy atom. The van der Waals surface area contributed by atoms with E-state index in [4.69, 9.17) is 6.58 Å². The van der Waals surface area contributed by atoms with Gasteiger partial charge < -0.3 is 9.47 Å². The maximum absolute atomic E-state index is 4.69. The third-order valence-electron chi connectivity index (χ3n) is 10.8. The van der Waals surface area contributed by atoms with Crippen LogP contribution in [0.1, 0.15) is 18.9 Å². The van der Waals surface area contributed by atoms with Crippen molar-refractivity contribution in [2.24, 2.45) is 5.92 Å². The quantitative estimate of drug-likeness (QED) is 0.185. The predicted molar refractivity (Wildman–Crippen MR) is 207 cm³/mol. The zero-order valence-electron chi connectivity index (χ0n) is 27.4. The van der Waals surface area contributed by atoms with Gasteiger partial charge >= 0.3 is 0 Å². The lowest BCUT2D eigenvalue weighted by Gasteiger charge is -2.38. The molecule has 232 valence electrons. The molecular formula is C47H34N2. The number of allylic oxidation sites excluding steroid dienone is 4. The van der Waals surface area contributed by atoms with Crippen molar-refractivity contribution in [1.29, 1.82) is 0 Å². The first-order valence-corrected chi connectivity index (χ1v) is 17.2. The first-order valence-electron chi connectivity index (χ1n) is 17.2. The van der Waals surface area contributed by atoms with Crippen LogP contribution in [-0.2, 0) is 0 Å². The molecule has 2 heteroatoms. The van der Waals surface area contributed by atoms with E-state index in [1.165, 1.54) is 77.0 Å². The first kappa shape index (κ1) is 27.9. The summed E-state index contributed by atoms with van der Waals surface area (Å²) in [5.74, 6) is 0.180. The highest BCUT2D eigenvalue weighted by Gasteiger charge is 2.33. The van der Waals surface area contributed by atoms with Gasteiger partial charge in [-0.3, -0.25) is 0 Å². The van der Waals surface area contributed by atoms with Crippen LogP contribution in [0.4, 0.5) is 5.69 Å². The Hall–Kier alpha value is -6.12.